The highest BCUT2D eigenvalue weighted by molar-refractivity contribution is 5.43. The summed E-state index contributed by atoms with van der Waals surface area (Å²) in [6.45, 7) is 2.76. The second-order valence-corrected chi connectivity index (χ2v) is 3.61. The second-order valence-electron chi connectivity index (χ2n) is 3.61. The van der Waals surface area contributed by atoms with E-state index in [9.17, 15) is 0 Å². The normalized spacial score (nSPS) is 13.8. The van der Waals surface area contributed by atoms with Gasteiger partial charge in [-0.3, -0.25) is 5.84 Å². The van der Waals surface area contributed by atoms with E-state index in [1.165, 1.54) is 5.56 Å². The molecular weight excluding hydrogens is 206 g/mol. The van der Waals surface area contributed by atoms with E-state index in [0.29, 0.717) is 19.9 Å². The predicted molar refractivity (Wildman–Crippen MR) is 61.3 cm³/mol. The van der Waals surface area contributed by atoms with Gasteiger partial charge in [0.05, 0.1) is 6.67 Å². The fourth-order valence-corrected chi connectivity index (χ4v) is 1.64. The molecule has 0 atom stereocenters. The molecule has 0 amide bonds. The number of rotatable bonds is 5. The number of nitrogens with two attached hydrogens (primary N) is 1. The van der Waals surface area contributed by atoms with Gasteiger partial charge in [0, 0.05) is 6.54 Å². The minimum absolute atomic E-state index is 0.616. The quantitative estimate of drug-likeness (QED) is 0.284. The molecule has 0 radical (unpaired) electrons. The molecule has 0 saturated carbocycles. The summed E-state index contributed by atoms with van der Waals surface area (Å²) in [5, 5.41) is 3.16. The molecule has 5 heteroatoms. The zero-order valence-corrected chi connectivity index (χ0v) is 9.16. The first kappa shape index (κ1) is 11.2. The second kappa shape index (κ2) is 5.69. The van der Waals surface area contributed by atoms with Crippen LogP contribution in [-0.4, -0.2) is 26.4 Å². The van der Waals surface area contributed by atoms with Gasteiger partial charge in [0.25, 0.3) is 0 Å². The number of benzene rings is 1. The smallest absolute Gasteiger partial charge is 0.161 e. The zero-order valence-electron chi connectivity index (χ0n) is 9.16. The Morgan fingerprint density at radius 2 is 2.00 bits per heavy atom. The van der Waals surface area contributed by atoms with Crippen LogP contribution in [0.3, 0.4) is 0 Å². The van der Waals surface area contributed by atoms with Crippen LogP contribution < -0.4 is 26.1 Å². The molecule has 0 bridgehead atoms. The largest absolute Gasteiger partial charge is 0.486 e. The lowest BCUT2D eigenvalue weighted by Gasteiger charge is -2.18. The Hall–Kier alpha value is -1.30. The van der Waals surface area contributed by atoms with Crippen LogP contribution in [-0.2, 0) is 6.42 Å². The molecule has 1 heterocycles. The minimum Gasteiger partial charge on any atom is -0.486 e. The van der Waals surface area contributed by atoms with Gasteiger partial charge in [0.15, 0.2) is 11.5 Å². The molecule has 0 spiro atoms. The van der Waals surface area contributed by atoms with Crippen molar-refractivity contribution in [1.82, 2.24) is 10.7 Å². The van der Waals surface area contributed by atoms with Crippen LogP contribution in [0.4, 0.5) is 0 Å². The summed E-state index contributed by atoms with van der Waals surface area (Å²) in [6.07, 6.45) is 0.943. The summed E-state index contributed by atoms with van der Waals surface area (Å²) in [6, 6.07) is 6.06. The number of hydrazine groups is 1. The minimum atomic E-state index is 0.616. The van der Waals surface area contributed by atoms with Gasteiger partial charge in [0.1, 0.15) is 13.2 Å². The van der Waals surface area contributed by atoms with Gasteiger partial charge in [-0.05, 0) is 24.1 Å². The SMILES string of the molecule is NNCNCCc1ccc2c(c1)OCCO2. The fourth-order valence-electron chi connectivity index (χ4n) is 1.64. The highest BCUT2D eigenvalue weighted by atomic mass is 16.6. The predicted octanol–water partition coefficient (Wildman–Crippen LogP) is 0.0107. The molecule has 2 rings (SSSR count). The lowest BCUT2D eigenvalue weighted by atomic mass is 10.1. The molecule has 16 heavy (non-hydrogen) atoms. The Morgan fingerprint density at radius 1 is 1.19 bits per heavy atom. The van der Waals surface area contributed by atoms with Crippen LogP contribution in [0.2, 0.25) is 0 Å². The number of hydrogen-bond acceptors (Lipinski definition) is 5. The van der Waals surface area contributed by atoms with E-state index in [-0.39, 0.29) is 0 Å². The molecule has 0 fully saturated rings. The van der Waals surface area contributed by atoms with E-state index in [1.54, 1.807) is 0 Å². The van der Waals surface area contributed by atoms with Crippen molar-refractivity contribution < 1.29 is 9.47 Å². The summed E-state index contributed by atoms with van der Waals surface area (Å²) < 4.78 is 11.0. The van der Waals surface area contributed by atoms with Gasteiger partial charge >= 0.3 is 0 Å². The van der Waals surface area contributed by atoms with Gasteiger partial charge in [0.2, 0.25) is 0 Å². The summed E-state index contributed by atoms with van der Waals surface area (Å²) in [7, 11) is 0. The standard InChI is InChI=1S/C11H17N3O2/c12-14-8-13-4-3-9-1-2-10-11(7-9)16-6-5-15-10/h1-2,7,13-14H,3-6,8,12H2. The van der Waals surface area contributed by atoms with Gasteiger partial charge in [-0.15, -0.1) is 0 Å². The molecule has 5 nitrogen and oxygen atoms in total. The third-order valence-electron chi connectivity index (χ3n) is 2.42. The molecule has 0 saturated heterocycles. The van der Waals surface area contributed by atoms with Crippen LogP contribution in [0, 0.1) is 0 Å². The molecule has 1 aromatic rings. The fraction of sp³-hybridized carbons (Fsp3) is 0.455. The third-order valence-corrected chi connectivity index (χ3v) is 2.42. The Morgan fingerprint density at radius 3 is 2.81 bits per heavy atom. The Bertz CT molecular complexity index is 344. The molecule has 88 valence electrons. The number of fused-ring (bicyclic) bond motifs is 1. The van der Waals surface area contributed by atoms with E-state index in [0.717, 1.165) is 24.5 Å². The van der Waals surface area contributed by atoms with Crippen molar-refractivity contribution >= 4 is 0 Å². The third kappa shape index (κ3) is 2.85. The van der Waals surface area contributed by atoms with E-state index in [2.05, 4.69) is 16.8 Å². The van der Waals surface area contributed by atoms with Crippen molar-refractivity contribution in [3.8, 4) is 11.5 Å². The Labute approximate surface area is 94.9 Å². The van der Waals surface area contributed by atoms with Crippen LogP contribution in [0.5, 0.6) is 11.5 Å². The molecular formula is C11H17N3O2. The van der Waals surface area contributed by atoms with E-state index in [1.807, 2.05) is 12.1 Å². The summed E-state index contributed by atoms with van der Waals surface area (Å²) >= 11 is 0. The maximum absolute atomic E-state index is 5.51. The molecule has 0 unspecified atom stereocenters. The van der Waals surface area contributed by atoms with Crippen molar-refractivity contribution in [1.29, 1.82) is 0 Å². The van der Waals surface area contributed by atoms with Crippen LogP contribution in [0.15, 0.2) is 18.2 Å². The average Bonchev–Trinajstić information content (AvgIpc) is 2.34. The molecule has 1 aliphatic heterocycles. The Kier molecular flexibility index (Phi) is 3.98. The lowest BCUT2D eigenvalue weighted by molar-refractivity contribution is 0.171. The van der Waals surface area contributed by atoms with E-state index >= 15 is 0 Å². The van der Waals surface area contributed by atoms with E-state index < -0.39 is 0 Å². The van der Waals surface area contributed by atoms with Crippen molar-refractivity contribution in [2.24, 2.45) is 5.84 Å². The lowest BCUT2D eigenvalue weighted by Crippen LogP contribution is -2.34. The van der Waals surface area contributed by atoms with Crippen molar-refractivity contribution in [2.75, 3.05) is 26.4 Å². The highest BCUT2D eigenvalue weighted by Crippen LogP contribution is 2.30. The number of hydrogen-bond donors (Lipinski definition) is 3. The summed E-state index contributed by atoms with van der Waals surface area (Å²) in [4.78, 5) is 0. The summed E-state index contributed by atoms with van der Waals surface area (Å²) in [5.74, 6) is 6.84. The first-order valence-electron chi connectivity index (χ1n) is 5.43. The molecule has 1 aromatic carbocycles. The maximum atomic E-state index is 5.51. The van der Waals surface area contributed by atoms with Gasteiger partial charge < -0.3 is 14.8 Å². The topological polar surface area (TPSA) is 68.5 Å². The summed E-state index contributed by atoms with van der Waals surface area (Å²) in [5.41, 5.74) is 3.78. The van der Waals surface area contributed by atoms with Gasteiger partial charge in [-0.25, -0.2) is 5.43 Å². The molecule has 4 N–H and O–H groups in total. The highest BCUT2D eigenvalue weighted by Gasteiger charge is 2.11. The van der Waals surface area contributed by atoms with Crippen molar-refractivity contribution in [3.05, 3.63) is 23.8 Å². The number of ether oxygens (including phenoxy) is 2. The maximum Gasteiger partial charge on any atom is 0.161 e. The first-order valence-corrected chi connectivity index (χ1v) is 5.43. The Balaban J connectivity index is 1.90. The van der Waals surface area contributed by atoms with Gasteiger partial charge in [-0.2, -0.15) is 0 Å². The zero-order chi connectivity index (χ0) is 11.2. The van der Waals surface area contributed by atoms with Gasteiger partial charge in [-0.1, -0.05) is 6.07 Å². The average molecular weight is 223 g/mol. The molecule has 0 aromatic heterocycles. The van der Waals surface area contributed by atoms with Crippen LogP contribution in [0.25, 0.3) is 0 Å². The molecule has 0 aliphatic carbocycles. The van der Waals surface area contributed by atoms with Crippen molar-refractivity contribution in [3.63, 3.8) is 0 Å². The van der Waals surface area contributed by atoms with Crippen LogP contribution >= 0.6 is 0 Å². The monoisotopic (exact) mass is 223 g/mol. The van der Waals surface area contributed by atoms with E-state index in [4.69, 9.17) is 15.3 Å². The first-order chi connectivity index (χ1) is 7.90. The van der Waals surface area contributed by atoms with Crippen molar-refractivity contribution in [2.45, 2.75) is 6.42 Å². The number of nitrogens with one attached hydrogen (secondary N) is 2. The molecule has 1 aliphatic rings. The van der Waals surface area contributed by atoms with Crippen LogP contribution in [0.1, 0.15) is 5.56 Å².